The van der Waals surface area contributed by atoms with Crippen LogP contribution in [-0.2, 0) is 12.8 Å². The Kier molecular flexibility index (Phi) is 4.65. The first kappa shape index (κ1) is 14.0. The first-order valence-corrected chi connectivity index (χ1v) is 6.45. The number of hydrogen-bond donors (Lipinski definition) is 1. The Balaban J connectivity index is 1.87. The van der Waals surface area contributed by atoms with Crippen molar-refractivity contribution in [2.24, 2.45) is 0 Å². The summed E-state index contributed by atoms with van der Waals surface area (Å²) in [5.41, 5.74) is 1.31. The summed E-state index contributed by atoms with van der Waals surface area (Å²) in [6.07, 6.45) is 4.12. The van der Waals surface area contributed by atoms with Gasteiger partial charge >= 0.3 is 5.97 Å². The van der Waals surface area contributed by atoms with Crippen molar-refractivity contribution in [2.75, 3.05) is 6.61 Å². The molecule has 0 bridgehead atoms. The summed E-state index contributed by atoms with van der Waals surface area (Å²) in [6, 6.07) is 7.94. The van der Waals surface area contributed by atoms with Gasteiger partial charge in [0, 0.05) is 18.8 Å². The minimum atomic E-state index is -1.02. The maximum atomic E-state index is 10.7. The molecule has 5 nitrogen and oxygen atoms in total. The molecule has 0 aliphatic rings. The van der Waals surface area contributed by atoms with Gasteiger partial charge in [-0.05, 0) is 24.1 Å². The maximum absolute atomic E-state index is 10.7. The summed E-state index contributed by atoms with van der Waals surface area (Å²) in [6.45, 7) is 2.55. The number of hydrogen-bond acceptors (Lipinski definition) is 4. The van der Waals surface area contributed by atoms with Crippen molar-refractivity contribution in [3.63, 3.8) is 0 Å². The van der Waals surface area contributed by atoms with E-state index in [1.807, 2.05) is 18.2 Å². The van der Waals surface area contributed by atoms with Gasteiger partial charge in [-0.2, -0.15) is 0 Å². The third-order valence-electron chi connectivity index (χ3n) is 2.85. The van der Waals surface area contributed by atoms with Gasteiger partial charge in [0.25, 0.3) is 0 Å². The predicted molar refractivity (Wildman–Crippen MR) is 74.0 cm³/mol. The standard InChI is InChI=1S/C15H16N2O3/c1-2-11-4-3-5-13(8-11)20-7-6-14-16-9-12(10-17-14)15(18)19/h3-5,8-10H,2,6-7H2,1H3,(H,18,19). The molecule has 2 aromatic rings. The lowest BCUT2D eigenvalue weighted by atomic mass is 10.2. The Bertz CT molecular complexity index is 582. The molecule has 0 saturated heterocycles. The van der Waals surface area contributed by atoms with E-state index in [0.717, 1.165) is 12.2 Å². The molecular formula is C15H16N2O3. The molecule has 1 aromatic heterocycles. The molecule has 1 N–H and O–H groups in total. The Morgan fingerprint density at radius 1 is 1.30 bits per heavy atom. The van der Waals surface area contributed by atoms with Crippen LogP contribution in [-0.4, -0.2) is 27.7 Å². The number of nitrogens with zero attached hydrogens (tertiary/aromatic N) is 2. The monoisotopic (exact) mass is 272 g/mol. The molecule has 0 unspecified atom stereocenters. The van der Waals surface area contributed by atoms with Crippen molar-refractivity contribution in [2.45, 2.75) is 19.8 Å². The second kappa shape index (κ2) is 6.65. The molecule has 104 valence electrons. The molecule has 0 aliphatic heterocycles. The Hall–Kier alpha value is -2.43. The largest absolute Gasteiger partial charge is 0.493 e. The van der Waals surface area contributed by atoms with Gasteiger partial charge in [0.05, 0.1) is 12.2 Å². The van der Waals surface area contributed by atoms with E-state index in [9.17, 15) is 4.79 Å². The Morgan fingerprint density at radius 2 is 2.05 bits per heavy atom. The van der Waals surface area contributed by atoms with Crippen LogP contribution in [0.4, 0.5) is 0 Å². The second-order valence-electron chi connectivity index (χ2n) is 4.29. The third kappa shape index (κ3) is 3.78. The number of carboxylic acids is 1. The molecule has 0 fully saturated rings. The number of benzene rings is 1. The third-order valence-corrected chi connectivity index (χ3v) is 2.85. The summed E-state index contributed by atoms with van der Waals surface area (Å²) < 4.78 is 5.63. The topological polar surface area (TPSA) is 72.3 Å². The molecule has 0 radical (unpaired) electrons. The molecule has 20 heavy (non-hydrogen) atoms. The van der Waals surface area contributed by atoms with Crippen LogP contribution in [0.25, 0.3) is 0 Å². The van der Waals surface area contributed by atoms with Crippen molar-refractivity contribution in [3.05, 3.63) is 53.6 Å². The van der Waals surface area contributed by atoms with Crippen LogP contribution in [0.1, 0.15) is 28.7 Å². The van der Waals surface area contributed by atoms with Crippen molar-refractivity contribution in [3.8, 4) is 5.75 Å². The van der Waals surface area contributed by atoms with Crippen LogP contribution in [0.2, 0.25) is 0 Å². The zero-order chi connectivity index (χ0) is 14.4. The molecule has 1 heterocycles. The fourth-order valence-electron chi connectivity index (χ4n) is 1.71. The summed E-state index contributed by atoms with van der Waals surface area (Å²) >= 11 is 0. The van der Waals surface area contributed by atoms with Crippen LogP contribution in [0.15, 0.2) is 36.7 Å². The van der Waals surface area contributed by atoms with E-state index in [2.05, 4.69) is 23.0 Å². The number of aromatic carboxylic acids is 1. The number of ether oxygens (including phenoxy) is 1. The first-order chi connectivity index (χ1) is 9.69. The van der Waals surface area contributed by atoms with Crippen molar-refractivity contribution < 1.29 is 14.6 Å². The van der Waals surface area contributed by atoms with E-state index in [0.29, 0.717) is 18.9 Å². The highest BCUT2D eigenvalue weighted by atomic mass is 16.5. The summed E-state index contributed by atoms with van der Waals surface area (Å²) in [4.78, 5) is 18.7. The van der Waals surface area contributed by atoms with Crippen LogP contribution in [0.3, 0.4) is 0 Å². The molecule has 0 atom stereocenters. The Labute approximate surface area is 117 Å². The maximum Gasteiger partial charge on any atom is 0.338 e. The zero-order valence-electron chi connectivity index (χ0n) is 11.2. The molecule has 0 saturated carbocycles. The molecule has 2 rings (SSSR count). The van der Waals surface area contributed by atoms with E-state index >= 15 is 0 Å². The second-order valence-corrected chi connectivity index (χ2v) is 4.29. The summed E-state index contributed by atoms with van der Waals surface area (Å²) in [7, 11) is 0. The van der Waals surface area contributed by atoms with Crippen molar-refractivity contribution in [1.82, 2.24) is 9.97 Å². The first-order valence-electron chi connectivity index (χ1n) is 6.45. The fourth-order valence-corrected chi connectivity index (χ4v) is 1.71. The molecule has 1 aromatic carbocycles. The molecular weight excluding hydrogens is 256 g/mol. The number of aromatic nitrogens is 2. The van der Waals surface area contributed by atoms with E-state index in [-0.39, 0.29) is 5.56 Å². The van der Waals surface area contributed by atoms with E-state index in [1.165, 1.54) is 18.0 Å². The van der Waals surface area contributed by atoms with Crippen molar-refractivity contribution in [1.29, 1.82) is 0 Å². The van der Waals surface area contributed by atoms with Crippen LogP contribution in [0.5, 0.6) is 5.75 Å². The SMILES string of the molecule is CCc1cccc(OCCc2ncc(C(=O)O)cn2)c1. The molecule has 0 aliphatic carbocycles. The molecule has 5 heteroatoms. The smallest absolute Gasteiger partial charge is 0.338 e. The average molecular weight is 272 g/mol. The van der Waals surface area contributed by atoms with Gasteiger partial charge in [0.2, 0.25) is 0 Å². The lowest BCUT2D eigenvalue weighted by Gasteiger charge is -2.07. The summed E-state index contributed by atoms with van der Waals surface area (Å²) in [5, 5.41) is 8.75. The highest BCUT2D eigenvalue weighted by Crippen LogP contribution is 2.13. The van der Waals surface area contributed by atoms with Gasteiger partial charge in [-0.1, -0.05) is 19.1 Å². The van der Waals surface area contributed by atoms with Crippen LogP contribution >= 0.6 is 0 Å². The van der Waals surface area contributed by atoms with E-state index < -0.39 is 5.97 Å². The van der Waals surface area contributed by atoms with Gasteiger partial charge in [-0.15, -0.1) is 0 Å². The number of carboxylic acid groups (broad SMARTS) is 1. The molecule has 0 spiro atoms. The van der Waals surface area contributed by atoms with Crippen LogP contribution in [0, 0.1) is 0 Å². The average Bonchev–Trinajstić information content (AvgIpc) is 2.48. The number of aryl methyl sites for hydroxylation is 1. The van der Waals surface area contributed by atoms with Gasteiger partial charge in [0.1, 0.15) is 11.6 Å². The lowest BCUT2D eigenvalue weighted by Crippen LogP contribution is -2.07. The highest BCUT2D eigenvalue weighted by Gasteiger charge is 2.04. The van der Waals surface area contributed by atoms with Gasteiger partial charge < -0.3 is 9.84 Å². The highest BCUT2D eigenvalue weighted by molar-refractivity contribution is 5.86. The fraction of sp³-hybridized carbons (Fsp3) is 0.267. The lowest BCUT2D eigenvalue weighted by molar-refractivity contribution is 0.0696. The van der Waals surface area contributed by atoms with E-state index in [1.54, 1.807) is 0 Å². The Morgan fingerprint density at radius 3 is 2.70 bits per heavy atom. The quantitative estimate of drug-likeness (QED) is 0.874. The minimum Gasteiger partial charge on any atom is -0.493 e. The van der Waals surface area contributed by atoms with E-state index in [4.69, 9.17) is 9.84 Å². The van der Waals surface area contributed by atoms with Gasteiger partial charge in [0.15, 0.2) is 0 Å². The normalized spacial score (nSPS) is 10.2. The number of carbonyl (C=O) groups is 1. The van der Waals surface area contributed by atoms with Gasteiger partial charge in [-0.3, -0.25) is 0 Å². The number of rotatable bonds is 6. The molecule has 0 amide bonds. The predicted octanol–water partition coefficient (Wildman–Crippen LogP) is 2.36. The van der Waals surface area contributed by atoms with Crippen LogP contribution < -0.4 is 4.74 Å². The minimum absolute atomic E-state index is 0.0883. The van der Waals surface area contributed by atoms with Crippen molar-refractivity contribution >= 4 is 5.97 Å². The van der Waals surface area contributed by atoms with Gasteiger partial charge in [-0.25, -0.2) is 14.8 Å². The summed E-state index contributed by atoms with van der Waals surface area (Å²) in [5.74, 6) is 0.373. The zero-order valence-corrected chi connectivity index (χ0v) is 11.2.